The molecule has 8 nitrogen and oxygen atoms in total. The van der Waals surface area contributed by atoms with Gasteiger partial charge in [-0.25, -0.2) is 4.68 Å². The second-order valence-corrected chi connectivity index (χ2v) is 8.45. The van der Waals surface area contributed by atoms with Crippen LogP contribution in [0.3, 0.4) is 0 Å². The predicted molar refractivity (Wildman–Crippen MR) is 121 cm³/mol. The Bertz CT molecular complexity index is 1270. The third-order valence-electron chi connectivity index (χ3n) is 6.31. The Kier molecular flexibility index (Phi) is 5.69. The van der Waals surface area contributed by atoms with Crippen LogP contribution in [-0.2, 0) is 4.79 Å². The zero-order chi connectivity index (χ0) is 23.0. The highest BCUT2D eigenvalue weighted by Crippen LogP contribution is 2.44. The van der Waals surface area contributed by atoms with Crippen LogP contribution in [-0.4, -0.2) is 26.0 Å². The number of aromatic hydroxyl groups is 1. The fourth-order valence-electron chi connectivity index (χ4n) is 4.25. The van der Waals surface area contributed by atoms with Crippen molar-refractivity contribution >= 4 is 17.3 Å². The molecule has 1 saturated carbocycles. The van der Waals surface area contributed by atoms with Crippen LogP contribution in [0, 0.1) is 26.7 Å². The Labute approximate surface area is 185 Å². The minimum Gasteiger partial charge on any atom is -0.505 e. The lowest BCUT2D eigenvalue weighted by atomic mass is 9.95. The van der Waals surface area contributed by atoms with Gasteiger partial charge < -0.3 is 10.2 Å². The summed E-state index contributed by atoms with van der Waals surface area (Å²) in [6.07, 6.45) is 1.77. The van der Waals surface area contributed by atoms with Gasteiger partial charge in [-0.1, -0.05) is 18.2 Å². The van der Waals surface area contributed by atoms with Crippen molar-refractivity contribution in [3.05, 3.63) is 69.1 Å². The Hall–Kier alpha value is -3.68. The summed E-state index contributed by atoms with van der Waals surface area (Å²) in [6, 6.07) is 10.9. The summed E-state index contributed by atoms with van der Waals surface area (Å²) in [7, 11) is 0. The van der Waals surface area contributed by atoms with Crippen molar-refractivity contribution in [2.75, 3.05) is 0 Å². The molecule has 0 amide bonds. The topological polar surface area (TPSA) is 120 Å². The number of aryl methyl sites for hydroxylation is 3. The number of phenolic OH excluding ortho intramolecular Hbond substituents is 1. The van der Waals surface area contributed by atoms with Crippen molar-refractivity contribution in [2.24, 2.45) is 16.1 Å². The van der Waals surface area contributed by atoms with Crippen LogP contribution in [0.25, 0.3) is 5.69 Å². The molecule has 0 bridgehead atoms. The van der Waals surface area contributed by atoms with Gasteiger partial charge in [-0.15, -0.1) is 10.2 Å². The van der Waals surface area contributed by atoms with Crippen LogP contribution in [0.4, 0.5) is 11.4 Å². The largest absolute Gasteiger partial charge is 0.505 e. The Morgan fingerprint density at radius 3 is 2.56 bits per heavy atom. The van der Waals surface area contributed by atoms with Gasteiger partial charge in [-0.3, -0.25) is 14.7 Å². The van der Waals surface area contributed by atoms with Crippen LogP contribution < -0.4 is 5.56 Å². The maximum absolute atomic E-state index is 12.9. The first-order valence-corrected chi connectivity index (χ1v) is 10.6. The number of carbonyl (C=O) groups is 1. The van der Waals surface area contributed by atoms with E-state index in [0.29, 0.717) is 36.2 Å². The highest BCUT2D eigenvalue weighted by molar-refractivity contribution is 5.70. The smallest absolute Gasteiger partial charge is 0.306 e. The minimum atomic E-state index is -0.800. The van der Waals surface area contributed by atoms with Gasteiger partial charge in [0.05, 0.1) is 17.3 Å². The molecule has 1 heterocycles. The van der Waals surface area contributed by atoms with Crippen LogP contribution in [0.2, 0.25) is 0 Å². The fourth-order valence-corrected chi connectivity index (χ4v) is 4.25. The molecule has 1 aliphatic carbocycles. The zero-order valence-electron chi connectivity index (χ0n) is 18.3. The van der Waals surface area contributed by atoms with E-state index in [1.165, 1.54) is 4.68 Å². The van der Waals surface area contributed by atoms with E-state index in [1.54, 1.807) is 25.1 Å². The van der Waals surface area contributed by atoms with E-state index in [1.807, 2.05) is 32.0 Å². The van der Waals surface area contributed by atoms with Gasteiger partial charge in [0.1, 0.15) is 11.4 Å². The van der Waals surface area contributed by atoms with E-state index in [0.717, 1.165) is 11.1 Å². The molecule has 1 aliphatic rings. The van der Waals surface area contributed by atoms with E-state index < -0.39 is 11.9 Å². The number of H-pyrrole nitrogens is 1. The average Bonchev–Trinajstić information content (AvgIpc) is 3.35. The summed E-state index contributed by atoms with van der Waals surface area (Å²) < 4.78 is 1.43. The van der Waals surface area contributed by atoms with Crippen LogP contribution in [0.1, 0.15) is 47.6 Å². The van der Waals surface area contributed by atoms with Crippen LogP contribution in [0.15, 0.2) is 51.4 Å². The number of aromatic nitrogens is 2. The molecule has 0 spiro atoms. The number of rotatable bonds is 5. The number of carboxylic acids is 1. The van der Waals surface area contributed by atoms with E-state index in [4.69, 9.17) is 0 Å². The number of hydrogen-bond donors (Lipinski definition) is 3. The SMILES string of the molecule is Cc1ccc(-n2[nH]c(C)c(N=Nc3cccc(C4CCC(C(=O)O)C4)c3O)c2=O)cc1C. The molecule has 166 valence electrons. The molecule has 1 fully saturated rings. The number of aromatic amines is 1. The lowest BCUT2D eigenvalue weighted by Gasteiger charge is -2.13. The van der Waals surface area contributed by atoms with Crippen molar-refractivity contribution in [3.8, 4) is 11.4 Å². The number of hydrogen-bond acceptors (Lipinski definition) is 5. The number of nitrogens with zero attached hydrogens (tertiary/aromatic N) is 3. The van der Waals surface area contributed by atoms with Gasteiger partial charge in [0, 0.05) is 0 Å². The lowest BCUT2D eigenvalue weighted by molar-refractivity contribution is -0.141. The van der Waals surface area contributed by atoms with E-state index in [2.05, 4.69) is 15.3 Å². The third kappa shape index (κ3) is 3.95. The number of phenols is 1. The van der Waals surface area contributed by atoms with Gasteiger partial charge >= 0.3 is 5.97 Å². The monoisotopic (exact) mass is 434 g/mol. The van der Waals surface area contributed by atoms with Gasteiger partial charge in [-0.2, -0.15) is 0 Å². The number of azo groups is 1. The summed E-state index contributed by atoms with van der Waals surface area (Å²) in [5.74, 6) is -1.25. The van der Waals surface area contributed by atoms with Crippen molar-refractivity contribution < 1.29 is 15.0 Å². The summed E-state index contributed by atoms with van der Waals surface area (Å²) in [4.78, 5) is 24.2. The van der Waals surface area contributed by atoms with Crippen molar-refractivity contribution in [1.82, 2.24) is 9.78 Å². The molecule has 0 aliphatic heterocycles. The quantitative estimate of drug-likeness (QED) is 0.479. The number of nitrogens with one attached hydrogen (secondary N) is 1. The molecule has 2 aromatic carbocycles. The summed E-state index contributed by atoms with van der Waals surface area (Å²) >= 11 is 0. The highest BCUT2D eigenvalue weighted by atomic mass is 16.4. The molecule has 0 saturated heterocycles. The second-order valence-electron chi connectivity index (χ2n) is 8.45. The standard InChI is InChI=1S/C24H26N4O4/c1-13-7-10-18(11-14(13)2)28-23(30)21(15(3)27-28)26-25-20-6-4-5-19(22(20)29)16-8-9-17(12-16)24(31)32/h4-7,10-11,16-17,27,29H,8-9,12H2,1-3H3,(H,31,32). The second kappa shape index (κ2) is 8.45. The molecule has 8 heteroatoms. The molecule has 1 aromatic heterocycles. The fraction of sp³-hybridized carbons (Fsp3) is 0.333. The van der Waals surface area contributed by atoms with Crippen LogP contribution in [0.5, 0.6) is 5.75 Å². The predicted octanol–water partition coefficient (Wildman–Crippen LogP) is 5.18. The molecule has 0 radical (unpaired) electrons. The van der Waals surface area contributed by atoms with Crippen molar-refractivity contribution in [2.45, 2.75) is 46.0 Å². The molecule has 3 aromatic rings. The summed E-state index contributed by atoms with van der Waals surface area (Å²) in [6.45, 7) is 5.74. The first kappa shape index (κ1) is 21.5. The molecule has 3 N–H and O–H groups in total. The molecule has 32 heavy (non-hydrogen) atoms. The average molecular weight is 434 g/mol. The molecular formula is C24H26N4O4. The van der Waals surface area contributed by atoms with E-state index in [-0.39, 0.29) is 28.6 Å². The molecular weight excluding hydrogens is 408 g/mol. The van der Waals surface area contributed by atoms with Gasteiger partial charge in [-0.05, 0) is 80.8 Å². The normalized spacial score (nSPS) is 18.5. The Morgan fingerprint density at radius 1 is 1.09 bits per heavy atom. The van der Waals surface area contributed by atoms with Crippen LogP contribution >= 0.6 is 0 Å². The minimum absolute atomic E-state index is 0.0186. The van der Waals surface area contributed by atoms with Gasteiger partial charge in [0.15, 0.2) is 5.69 Å². The highest BCUT2D eigenvalue weighted by Gasteiger charge is 2.32. The van der Waals surface area contributed by atoms with Gasteiger partial charge in [0.2, 0.25) is 0 Å². The first-order valence-electron chi connectivity index (χ1n) is 10.6. The van der Waals surface area contributed by atoms with E-state index in [9.17, 15) is 19.8 Å². The number of para-hydroxylation sites is 1. The number of carboxylic acid groups (broad SMARTS) is 1. The maximum Gasteiger partial charge on any atom is 0.306 e. The lowest BCUT2D eigenvalue weighted by Crippen LogP contribution is -2.14. The maximum atomic E-state index is 12.9. The number of benzene rings is 2. The van der Waals surface area contributed by atoms with Crippen molar-refractivity contribution in [1.29, 1.82) is 0 Å². The van der Waals surface area contributed by atoms with Gasteiger partial charge in [0.25, 0.3) is 5.56 Å². The molecule has 4 rings (SSSR count). The number of aliphatic carboxylic acids is 1. The zero-order valence-corrected chi connectivity index (χ0v) is 18.3. The first-order chi connectivity index (χ1) is 15.3. The third-order valence-corrected chi connectivity index (χ3v) is 6.31. The van der Waals surface area contributed by atoms with Crippen molar-refractivity contribution in [3.63, 3.8) is 0 Å². The Morgan fingerprint density at radius 2 is 1.88 bits per heavy atom. The summed E-state index contributed by atoms with van der Waals surface area (Å²) in [5, 5.41) is 31.3. The molecule has 2 unspecified atom stereocenters. The molecule has 2 atom stereocenters. The summed E-state index contributed by atoms with van der Waals surface area (Å²) in [5.41, 5.74) is 4.24. The Balaban J connectivity index is 1.63. The van der Waals surface area contributed by atoms with E-state index >= 15 is 0 Å².